The van der Waals surface area contributed by atoms with E-state index in [9.17, 15) is 19.2 Å². The van der Waals surface area contributed by atoms with Gasteiger partial charge < -0.3 is 4.74 Å². The summed E-state index contributed by atoms with van der Waals surface area (Å²) in [7, 11) is 0. The number of fused-ring (bicyclic) bond motifs is 6. The van der Waals surface area contributed by atoms with Crippen LogP contribution in [0.25, 0.3) is 22.2 Å². The summed E-state index contributed by atoms with van der Waals surface area (Å²) in [5.41, 5.74) is 3.96. The highest BCUT2D eigenvalue weighted by molar-refractivity contribution is 6.30. The molecule has 5 atom stereocenters. The molecule has 0 radical (unpaired) electrons. The van der Waals surface area contributed by atoms with Crippen molar-refractivity contribution >= 4 is 51.8 Å². The summed E-state index contributed by atoms with van der Waals surface area (Å²) < 4.78 is 5.65. The van der Waals surface area contributed by atoms with E-state index in [-0.39, 0.29) is 46.8 Å². The second-order valence-electron chi connectivity index (χ2n) is 11.6. The summed E-state index contributed by atoms with van der Waals surface area (Å²) in [4.78, 5) is 59.1. The summed E-state index contributed by atoms with van der Waals surface area (Å²) in [6.07, 6.45) is 4.01. The fourth-order valence-electron chi connectivity index (χ4n) is 6.72. The smallest absolute Gasteiger partial charge is 0.339 e. The number of amides is 2. The van der Waals surface area contributed by atoms with E-state index in [0.29, 0.717) is 38.4 Å². The van der Waals surface area contributed by atoms with Crippen molar-refractivity contribution in [1.82, 2.24) is 4.98 Å². The lowest BCUT2D eigenvalue weighted by molar-refractivity contribution is -0.123. The molecule has 3 aliphatic rings. The zero-order valence-corrected chi connectivity index (χ0v) is 24.2. The van der Waals surface area contributed by atoms with Crippen molar-refractivity contribution in [1.29, 1.82) is 0 Å². The molecule has 1 aliphatic heterocycles. The van der Waals surface area contributed by atoms with Crippen molar-refractivity contribution < 1.29 is 23.9 Å². The molecular formula is C35H27ClN2O5. The number of carbonyl (C=O) groups is 4. The zero-order chi connectivity index (χ0) is 30.0. The molecule has 1 saturated heterocycles. The summed E-state index contributed by atoms with van der Waals surface area (Å²) in [5.74, 6) is -1.50. The highest BCUT2D eigenvalue weighted by atomic mass is 35.5. The molecular weight excluding hydrogens is 564 g/mol. The van der Waals surface area contributed by atoms with Crippen LogP contribution >= 0.6 is 11.6 Å². The van der Waals surface area contributed by atoms with Crippen molar-refractivity contribution in [2.45, 2.75) is 26.4 Å². The Kier molecular flexibility index (Phi) is 6.51. The van der Waals surface area contributed by atoms with Gasteiger partial charge in [-0.15, -0.1) is 0 Å². The molecule has 2 heterocycles. The average Bonchev–Trinajstić information content (AvgIpc) is 3.70. The van der Waals surface area contributed by atoms with Gasteiger partial charge >= 0.3 is 5.97 Å². The van der Waals surface area contributed by atoms with Gasteiger partial charge in [-0.1, -0.05) is 47.5 Å². The van der Waals surface area contributed by atoms with Gasteiger partial charge in [-0.2, -0.15) is 0 Å². The lowest BCUT2D eigenvalue weighted by Crippen LogP contribution is -2.32. The molecule has 7 rings (SSSR count). The summed E-state index contributed by atoms with van der Waals surface area (Å²) >= 11 is 5.94. The van der Waals surface area contributed by atoms with Gasteiger partial charge in [0, 0.05) is 21.5 Å². The van der Waals surface area contributed by atoms with Crippen molar-refractivity contribution in [3.05, 3.63) is 107 Å². The van der Waals surface area contributed by atoms with Crippen LogP contribution in [-0.2, 0) is 14.3 Å². The maximum Gasteiger partial charge on any atom is 0.339 e. The number of pyridine rings is 1. The Hall–Kier alpha value is -4.62. The predicted octanol–water partition coefficient (Wildman–Crippen LogP) is 6.60. The number of Topliss-reactive ketones (excluding diaryl/α,β-unsaturated/α-hetero) is 1. The number of aromatic nitrogens is 1. The van der Waals surface area contributed by atoms with Gasteiger partial charge in [0.1, 0.15) is 0 Å². The van der Waals surface area contributed by atoms with E-state index in [4.69, 9.17) is 21.3 Å². The third-order valence-electron chi connectivity index (χ3n) is 8.86. The van der Waals surface area contributed by atoms with Crippen molar-refractivity contribution in [2.24, 2.45) is 23.7 Å². The Morgan fingerprint density at radius 1 is 0.907 bits per heavy atom. The van der Waals surface area contributed by atoms with Gasteiger partial charge in [0.25, 0.3) is 0 Å². The third kappa shape index (κ3) is 4.55. The van der Waals surface area contributed by atoms with E-state index in [2.05, 4.69) is 12.2 Å². The first-order valence-corrected chi connectivity index (χ1v) is 14.7. The first-order valence-electron chi connectivity index (χ1n) is 14.3. The van der Waals surface area contributed by atoms with E-state index in [1.165, 1.54) is 4.90 Å². The second kappa shape index (κ2) is 10.3. The summed E-state index contributed by atoms with van der Waals surface area (Å²) in [6, 6.07) is 20.8. The van der Waals surface area contributed by atoms with E-state index >= 15 is 0 Å². The number of anilines is 1. The van der Waals surface area contributed by atoms with Crippen molar-refractivity contribution in [3.8, 4) is 11.3 Å². The van der Waals surface area contributed by atoms with E-state index in [1.807, 2.05) is 25.1 Å². The number of nitrogens with zero attached hydrogens (tertiary/aromatic N) is 2. The molecule has 4 aromatic rings. The molecule has 2 amide bonds. The van der Waals surface area contributed by atoms with Crippen LogP contribution in [0.5, 0.6) is 0 Å². The monoisotopic (exact) mass is 590 g/mol. The highest BCUT2D eigenvalue weighted by Crippen LogP contribution is 2.53. The van der Waals surface area contributed by atoms with Crippen LogP contribution in [0.3, 0.4) is 0 Å². The molecule has 2 aliphatic carbocycles. The van der Waals surface area contributed by atoms with Gasteiger partial charge in [-0.3, -0.25) is 19.3 Å². The molecule has 2 bridgehead atoms. The van der Waals surface area contributed by atoms with E-state index in [0.717, 1.165) is 12.0 Å². The van der Waals surface area contributed by atoms with Gasteiger partial charge in [0.05, 0.1) is 34.3 Å². The maximum atomic E-state index is 13.5. The number of imide groups is 1. The number of benzene rings is 3. The first-order chi connectivity index (χ1) is 20.7. The minimum absolute atomic E-state index is 0.133. The molecule has 43 heavy (non-hydrogen) atoms. The van der Waals surface area contributed by atoms with Crippen LogP contribution in [0.4, 0.5) is 5.69 Å². The molecule has 1 aromatic heterocycles. The second-order valence-corrected chi connectivity index (χ2v) is 12.0. The van der Waals surface area contributed by atoms with Crippen LogP contribution in [0, 0.1) is 30.6 Å². The Labute approximate surface area is 253 Å². The average molecular weight is 591 g/mol. The largest absolute Gasteiger partial charge is 0.451 e. The standard InChI is InChI=1S/C35H27ClN2O5/c1-18-3-14-28-26(15-18)27(35(42)43-19(2)32(39)21-6-10-24(36)11-7-21)17-29(37-28)20-8-12-25(13-9-20)38-33(40)30-22-4-5-23(16-22)31(30)34(38)41/h3-15,17,19,22-23,30-31H,16H2,1-2H3/t19-,22-,23+,30-,31+/m0/s1. The third-order valence-corrected chi connectivity index (χ3v) is 9.11. The number of ether oxygens (including phenoxy) is 1. The number of hydrogen-bond donors (Lipinski definition) is 0. The SMILES string of the molecule is Cc1ccc2nc(-c3ccc(N4C(=O)[C@@H]5[C@H](C4=O)[C@@H]4C=C[C@H]5C4)cc3)cc(C(=O)O[C@@H](C)C(=O)c3ccc(Cl)cc3)c2c1. The number of hydrogen-bond acceptors (Lipinski definition) is 6. The molecule has 214 valence electrons. The molecule has 8 heteroatoms. The Morgan fingerprint density at radius 2 is 1.56 bits per heavy atom. The zero-order valence-electron chi connectivity index (χ0n) is 23.5. The molecule has 2 fully saturated rings. The number of aryl methyl sites for hydroxylation is 1. The number of halogens is 1. The number of esters is 1. The minimum Gasteiger partial charge on any atom is -0.451 e. The normalized spacial score (nSPS) is 22.7. The Balaban J connectivity index is 1.18. The topological polar surface area (TPSA) is 93.6 Å². The van der Waals surface area contributed by atoms with Crippen LogP contribution in [0.2, 0.25) is 5.02 Å². The molecule has 1 saturated carbocycles. The van der Waals surface area contributed by atoms with Gasteiger partial charge in [-0.25, -0.2) is 9.78 Å². The van der Waals surface area contributed by atoms with Crippen molar-refractivity contribution in [2.75, 3.05) is 4.90 Å². The van der Waals surface area contributed by atoms with Crippen LogP contribution in [0.1, 0.15) is 39.6 Å². The minimum atomic E-state index is -1.02. The lowest BCUT2D eigenvalue weighted by Gasteiger charge is -2.18. The molecule has 3 aromatic carbocycles. The van der Waals surface area contributed by atoms with Gasteiger partial charge in [-0.05, 0) is 86.7 Å². The fraction of sp³-hybridized carbons (Fsp3) is 0.229. The molecule has 0 N–H and O–H groups in total. The fourth-order valence-corrected chi connectivity index (χ4v) is 6.85. The maximum absolute atomic E-state index is 13.5. The predicted molar refractivity (Wildman–Crippen MR) is 163 cm³/mol. The number of allylic oxidation sites excluding steroid dienone is 2. The van der Waals surface area contributed by atoms with Gasteiger partial charge in [0.2, 0.25) is 17.6 Å². The molecule has 7 nitrogen and oxygen atoms in total. The summed E-state index contributed by atoms with van der Waals surface area (Å²) in [6.45, 7) is 3.46. The van der Waals surface area contributed by atoms with Crippen LogP contribution < -0.4 is 4.90 Å². The molecule has 0 unspecified atom stereocenters. The molecule has 0 spiro atoms. The van der Waals surface area contributed by atoms with Crippen molar-refractivity contribution in [3.63, 3.8) is 0 Å². The number of ketones is 1. The van der Waals surface area contributed by atoms with E-state index in [1.54, 1.807) is 61.5 Å². The highest BCUT2D eigenvalue weighted by Gasteiger charge is 2.59. The number of rotatable bonds is 6. The van der Waals surface area contributed by atoms with Gasteiger partial charge in [0.15, 0.2) is 6.10 Å². The lowest BCUT2D eigenvalue weighted by atomic mass is 9.85. The Morgan fingerprint density at radius 3 is 2.21 bits per heavy atom. The van der Waals surface area contributed by atoms with Crippen LogP contribution in [-0.4, -0.2) is 34.7 Å². The Bertz CT molecular complexity index is 1830. The van der Waals surface area contributed by atoms with E-state index < -0.39 is 12.1 Å². The summed E-state index contributed by atoms with van der Waals surface area (Å²) in [5, 5.41) is 1.12. The number of carbonyl (C=O) groups excluding carboxylic acids is 4. The van der Waals surface area contributed by atoms with Crippen LogP contribution in [0.15, 0.2) is 84.9 Å². The first kappa shape index (κ1) is 27.2. The quantitative estimate of drug-likeness (QED) is 0.109.